The highest BCUT2D eigenvalue weighted by atomic mass is 35.5. The number of unbranched alkanes of at least 4 members (excludes halogenated alkanes) is 1. The molecular formula is C14H22ClNO. The zero-order chi connectivity index (χ0) is 12.3. The molecule has 0 bridgehead atoms. The molecule has 17 heavy (non-hydrogen) atoms. The largest absolute Gasteiger partial charge is 0.345 e. The molecular weight excluding hydrogens is 234 g/mol. The molecule has 1 saturated carbocycles. The van der Waals surface area contributed by atoms with Gasteiger partial charge in [-0.2, -0.15) is 0 Å². The lowest BCUT2D eigenvalue weighted by molar-refractivity contribution is -0.123. The van der Waals surface area contributed by atoms with E-state index >= 15 is 0 Å². The molecule has 96 valence electrons. The minimum Gasteiger partial charge on any atom is -0.345 e. The van der Waals surface area contributed by atoms with E-state index in [9.17, 15) is 4.79 Å². The molecule has 0 spiro atoms. The van der Waals surface area contributed by atoms with Crippen LogP contribution in [-0.4, -0.2) is 11.9 Å². The molecule has 0 aromatic rings. The van der Waals surface area contributed by atoms with Crippen molar-refractivity contribution in [2.75, 3.05) is 0 Å². The van der Waals surface area contributed by atoms with Crippen LogP contribution in [0.1, 0.15) is 58.3 Å². The summed E-state index contributed by atoms with van der Waals surface area (Å²) in [5.41, 5.74) is 0.895. The highest BCUT2D eigenvalue weighted by Gasteiger charge is 2.40. The molecule has 1 unspecified atom stereocenters. The molecule has 2 fully saturated rings. The van der Waals surface area contributed by atoms with E-state index in [1.165, 1.54) is 32.1 Å². The lowest BCUT2D eigenvalue weighted by Crippen LogP contribution is -2.56. The summed E-state index contributed by atoms with van der Waals surface area (Å²) in [5.74, 6) is 0.702. The fourth-order valence-corrected chi connectivity index (χ4v) is 3.27. The van der Waals surface area contributed by atoms with Gasteiger partial charge >= 0.3 is 0 Å². The van der Waals surface area contributed by atoms with Crippen LogP contribution < -0.4 is 5.32 Å². The fourth-order valence-electron chi connectivity index (χ4n) is 2.93. The summed E-state index contributed by atoms with van der Waals surface area (Å²) in [6.07, 6.45) is 9.50. The van der Waals surface area contributed by atoms with Crippen molar-refractivity contribution < 1.29 is 4.79 Å². The number of carbonyl (C=O) groups is 1. The van der Waals surface area contributed by atoms with Crippen LogP contribution in [0.25, 0.3) is 0 Å². The van der Waals surface area contributed by atoms with Crippen molar-refractivity contribution >= 4 is 17.5 Å². The van der Waals surface area contributed by atoms with Gasteiger partial charge in [0, 0.05) is 5.03 Å². The SMILES string of the molecule is CCCC/C(Cl)=C1\C(=O)NC1C1CCCCC1. The van der Waals surface area contributed by atoms with Crippen molar-refractivity contribution in [1.82, 2.24) is 5.32 Å². The summed E-state index contributed by atoms with van der Waals surface area (Å²) >= 11 is 6.29. The van der Waals surface area contributed by atoms with Crippen molar-refractivity contribution in [3.63, 3.8) is 0 Å². The van der Waals surface area contributed by atoms with Crippen LogP contribution in [0.5, 0.6) is 0 Å². The Morgan fingerprint density at radius 3 is 2.65 bits per heavy atom. The van der Waals surface area contributed by atoms with E-state index in [1.807, 2.05) is 0 Å². The molecule has 0 aromatic heterocycles. The van der Waals surface area contributed by atoms with E-state index in [2.05, 4.69) is 12.2 Å². The lowest BCUT2D eigenvalue weighted by atomic mass is 9.77. The lowest BCUT2D eigenvalue weighted by Gasteiger charge is -2.39. The van der Waals surface area contributed by atoms with Gasteiger partial charge in [-0.15, -0.1) is 0 Å². The predicted molar refractivity (Wildman–Crippen MR) is 70.9 cm³/mol. The second kappa shape index (κ2) is 5.90. The van der Waals surface area contributed by atoms with E-state index in [0.717, 1.165) is 29.9 Å². The number of allylic oxidation sites excluding steroid dienone is 1. The second-order valence-electron chi connectivity index (χ2n) is 5.27. The van der Waals surface area contributed by atoms with E-state index < -0.39 is 0 Å². The number of halogens is 1. The predicted octanol–water partition coefficient (Wildman–Crippen LogP) is 3.75. The molecule has 1 aliphatic carbocycles. The average Bonchev–Trinajstić information content (AvgIpc) is 2.34. The topological polar surface area (TPSA) is 29.1 Å². The summed E-state index contributed by atoms with van der Waals surface area (Å²) in [6.45, 7) is 2.15. The Morgan fingerprint density at radius 1 is 1.35 bits per heavy atom. The Morgan fingerprint density at radius 2 is 2.06 bits per heavy atom. The van der Waals surface area contributed by atoms with Crippen molar-refractivity contribution in [3.8, 4) is 0 Å². The Labute approximate surface area is 109 Å². The normalized spacial score (nSPS) is 28.6. The maximum atomic E-state index is 11.6. The van der Waals surface area contributed by atoms with Gasteiger partial charge in [0.05, 0.1) is 11.6 Å². The molecule has 1 heterocycles. The third-order valence-electron chi connectivity index (χ3n) is 4.01. The first-order chi connectivity index (χ1) is 8.24. The second-order valence-corrected chi connectivity index (χ2v) is 5.73. The summed E-state index contributed by atoms with van der Waals surface area (Å²) in [5, 5.41) is 3.85. The fraction of sp³-hybridized carbons (Fsp3) is 0.786. The molecule has 2 nitrogen and oxygen atoms in total. The van der Waals surface area contributed by atoms with Crippen LogP contribution in [0.15, 0.2) is 10.6 Å². The molecule has 1 N–H and O–H groups in total. The zero-order valence-corrected chi connectivity index (χ0v) is 11.4. The molecule has 0 aromatic carbocycles. The van der Waals surface area contributed by atoms with Crippen LogP contribution in [0.2, 0.25) is 0 Å². The van der Waals surface area contributed by atoms with Gasteiger partial charge in [-0.3, -0.25) is 4.79 Å². The van der Waals surface area contributed by atoms with Gasteiger partial charge in [0.2, 0.25) is 0 Å². The van der Waals surface area contributed by atoms with Crippen LogP contribution in [0.4, 0.5) is 0 Å². The van der Waals surface area contributed by atoms with Gasteiger partial charge < -0.3 is 5.32 Å². The molecule has 1 amide bonds. The standard InChI is InChI=1S/C14H22ClNO/c1-2-3-9-11(15)12-13(16-14(12)17)10-7-5-4-6-8-10/h10,13H,2-9H2,1H3,(H,16,17)/b12-11+. The van der Waals surface area contributed by atoms with Crippen molar-refractivity contribution in [1.29, 1.82) is 0 Å². The molecule has 2 aliphatic rings. The molecule has 3 heteroatoms. The third kappa shape index (κ3) is 2.85. The highest BCUT2D eigenvalue weighted by molar-refractivity contribution is 6.32. The van der Waals surface area contributed by atoms with E-state index in [1.54, 1.807) is 0 Å². The summed E-state index contributed by atoms with van der Waals surface area (Å²) in [7, 11) is 0. The van der Waals surface area contributed by atoms with Crippen LogP contribution in [-0.2, 0) is 4.79 Å². The van der Waals surface area contributed by atoms with E-state index in [0.29, 0.717) is 5.92 Å². The number of β-lactam (4-membered cyclic amide) rings is 1. The van der Waals surface area contributed by atoms with Crippen molar-refractivity contribution in [3.05, 3.63) is 10.6 Å². The van der Waals surface area contributed by atoms with Gasteiger partial charge in [-0.25, -0.2) is 0 Å². The van der Waals surface area contributed by atoms with Gasteiger partial charge in [-0.1, -0.05) is 44.2 Å². The monoisotopic (exact) mass is 255 g/mol. The Balaban J connectivity index is 2.01. The molecule has 1 aliphatic heterocycles. The third-order valence-corrected chi connectivity index (χ3v) is 4.40. The maximum absolute atomic E-state index is 11.6. The van der Waals surface area contributed by atoms with Crippen LogP contribution >= 0.6 is 11.6 Å². The number of hydrogen-bond acceptors (Lipinski definition) is 1. The maximum Gasteiger partial charge on any atom is 0.250 e. The molecule has 1 saturated heterocycles. The molecule has 0 radical (unpaired) electrons. The first-order valence-electron chi connectivity index (χ1n) is 6.93. The van der Waals surface area contributed by atoms with Crippen LogP contribution in [0.3, 0.4) is 0 Å². The Bertz CT molecular complexity index is 318. The summed E-state index contributed by atoms with van der Waals surface area (Å²) < 4.78 is 0. The summed E-state index contributed by atoms with van der Waals surface area (Å²) in [6, 6.07) is 0.257. The van der Waals surface area contributed by atoms with E-state index in [4.69, 9.17) is 11.6 Å². The quantitative estimate of drug-likeness (QED) is 0.602. The van der Waals surface area contributed by atoms with Gasteiger partial charge in [0.25, 0.3) is 5.91 Å². The van der Waals surface area contributed by atoms with Gasteiger partial charge in [0.15, 0.2) is 0 Å². The smallest absolute Gasteiger partial charge is 0.250 e. The van der Waals surface area contributed by atoms with Crippen molar-refractivity contribution in [2.24, 2.45) is 5.92 Å². The Hall–Kier alpha value is -0.500. The zero-order valence-electron chi connectivity index (χ0n) is 10.6. The number of rotatable bonds is 4. The number of nitrogens with one attached hydrogen (secondary N) is 1. The minimum atomic E-state index is 0.0710. The number of hydrogen-bond donors (Lipinski definition) is 1. The minimum absolute atomic E-state index is 0.0710. The van der Waals surface area contributed by atoms with E-state index in [-0.39, 0.29) is 11.9 Å². The number of carbonyl (C=O) groups excluding carboxylic acids is 1. The highest BCUT2D eigenvalue weighted by Crippen LogP contribution is 2.36. The molecule has 2 rings (SSSR count). The number of amides is 1. The summed E-state index contributed by atoms with van der Waals surface area (Å²) in [4.78, 5) is 11.6. The van der Waals surface area contributed by atoms with Crippen LogP contribution in [0, 0.1) is 5.92 Å². The van der Waals surface area contributed by atoms with Gasteiger partial charge in [-0.05, 0) is 31.6 Å². The van der Waals surface area contributed by atoms with Crippen molar-refractivity contribution in [2.45, 2.75) is 64.3 Å². The first kappa shape index (κ1) is 12.9. The first-order valence-corrected chi connectivity index (χ1v) is 7.31. The Kier molecular flexibility index (Phi) is 4.49. The molecule has 1 atom stereocenters. The average molecular weight is 256 g/mol. The van der Waals surface area contributed by atoms with Gasteiger partial charge in [0.1, 0.15) is 0 Å².